The van der Waals surface area contributed by atoms with Gasteiger partial charge in [0.25, 0.3) is 0 Å². The largest absolute Gasteiger partial charge is 0.496 e. The zero-order valence-electron chi connectivity index (χ0n) is 16.7. The van der Waals surface area contributed by atoms with Crippen LogP contribution in [0.4, 0.5) is 4.39 Å². The molecule has 3 rings (SSSR count). The molecule has 0 bridgehead atoms. The summed E-state index contributed by atoms with van der Waals surface area (Å²) in [5.74, 6) is 0.981. The summed E-state index contributed by atoms with van der Waals surface area (Å²) < 4.78 is 29.6. The average molecular weight is 407 g/mol. The zero-order chi connectivity index (χ0) is 21.5. The summed E-state index contributed by atoms with van der Waals surface area (Å²) >= 11 is 0. The molecule has 154 valence electrons. The molecule has 0 fully saturated rings. The van der Waals surface area contributed by atoms with E-state index in [4.69, 9.17) is 19.9 Å². The second-order valence-electron chi connectivity index (χ2n) is 6.48. The van der Waals surface area contributed by atoms with Gasteiger partial charge in [0.05, 0.1) is 14.2 Å². The Balaban J connectivity index is 1.78. The number of rotatable bonds is 8. The second kappa shape index (κ2) is 9.60. The van der Waals surface area contributed by atoms with Gasteiger partial charge in [-0.1, -0.05) is 30.4 Å². The van der Waals surface area contributed by atoms with Crippen molar-refractivity contribution in [3.05, 3.63) is 88.7 Å². The van der Waals surface area contributed by atoms with Crippen molar-refractivity contribution >= 4 is 18.1 Å². The molecule has 0 spiro atoms. The molecule has 30 heavy (non-hydrogen) atoms. The van der Waals surface area contributed by atoms with Crippen LogP contribution in [0.15, 0.2) is 60.7 Å². The number of primary amides is 1. The number of carbonyl (C=O) groups is 1. The number of methoxy groups -OCH3 is 2. The Morgan fingerprint density at radius 2 is 1.60 bits per heavy atom. The van der Waals surface area contributed by atoms with Crippen LogP contribution in [0.25, 0.3) is 12.2 Å². The fraction of sp³-hybridized carbons (Fsp3) is 0.125. The van der Waals surface area contributed by atoms with Crippen LogP contribution in [-0.4, -0.2) is 20.1 Å². The zero-order valence-corrected chi connectivity index (χ0v) is 16.7. The smallest absolute Gasteiger partial charge is 0.248 e. The van der Waals surface area contributed by atoms with Gasteiger partial charge in [-0.2, -0.15) is 0 Å². The summed E-state index contributed by atoms with van der Waals surface area (Å²) in [5.41, 5.74) is 8.21. The molecule has 0 unspecified atom stereocenters. The molecule has 0 heterocycles. The Morgan fingerprint density at radius 1 is 0.900 bits per heavy atom. The van der Waals surface area contributed by atoms with E-state index in [-0.39, 0.29) is 5.82 Å². The van der Waals surface area contributed by atoms with Crippen LogP contribution >= 0.6 is 0 Å². The van der Waals surface area contributed by atoms with Gasteiger partial charge in [0, 0.05) is 11.1 Å². The second-order valence-corrected chi connectivity index (χ2v) is 6.48. The first-order valence-electron chi connectivity index (χ1n) is 9.21. The lowest BCUT2D eigenvalue weighted by atomic mass is 10.1. The van der Waals surface area contributed by atoms with Gasteiger partial charge in [0.15, 0.2) is 11.5 Å². The van der Waals surface area contributed by atoms with E-state index in [2.05, 4.69) is 0 Å². The SMILES string of the molecule is COc1ccc(C(N)=O)cc1C=Cc1ccc(OCc2ccc(F)cc2)c(OC)c1. The Hall–Kier alpha value is -3.80. The fourth-order valence-corrected chi connectivity index (χ4v) is 2.85. The van der Waals surface area contributed by atoms with Crippen LogP contribution in [-0.2, 0) is 6.61 Å². The maximum atomic E-state index is 13.0. The maximum absolute atomic E-state index is 13.0. The number of ether oxygens (including phenoxy) is 3. The molecule has 0 aliphatic rings. The minimum atomic E-state index is -0.503. The summed E-state index contributed by atoms with van der Waals surface area (Å²) in [6.45, 7) is 0.295. The van der Waals surface area contributed by atoms with Crippen LogP contribution in [0, 0.1) is 5.82 Å². The normalized spacial score (nSPS) is 10.8. The van der Waals surface area contributed by atoms with Crippen molar-refractivity contribution in [2.45, 2.75) is 6.61 Å². The highest BCUT2D eigenvalue weighted by molar-refractivity contribution is 5.94. The standard InChI is InChI=1S/C24H22FNO4/c1-28-21-12-8-19(24(26)27)14-18(21)7-3-16-6-11-22(23(13-16)29-2)30-15-17-4-9-20(25)10-5-17/h3-14H,15H2,1-2H3,(H2,26,27). The molecule has 0 aliphatic carbocycles. The van der Waals surface area contributed by atoms with E-state index in [9.17, 15) is 9.18 Å². The highest BCUT2D eigenvalue weighted by atomic mass is 19.1. The third-order valence-corrected chi connectivity index (χ3v) is 4.46. The van der Waals surface area contributed by atoms with Gasteiger partial charge in [-0.25, -0.2) is 4.39 Å². The molecule has 0 aliphatic heterocycles. The lowest BCUT2D eigenvalue weighted by molar-refractivity contribution is 0.1000. The van der Waals surface area contributed by atoms with E-state index in [1.807, 2.05) is 24.3 Å². The van der Waals surface area contributed by atoms with Crippen LogP contribution in [0.3, 0.4) is 0 Å². The van der Waals surface area contributed by atoms with Crippen LogP contribution in [0.1, 0.15) is 27.0 Å². The summed E-state index contributed by atoms with van der Waals surface area (Å²) in [5, 5.41) is 0. The monoisotopic (exact) mass is 407 g/mol. The molecule has 5 nitrogen and oxygen atoms in total. The molecule has 1 amide bonds. The number of hydrogen-bond donors (Lipinski definition) is 1. The highest BCUT2D eigenvalue weighted by Gasteiger charge is 2.08. The molecule has 0 saturated carbocycles. The Morgan fingerprint density at radius 3 is 2.27 bits per heavy atom. The van der Waals surface area contributed by atoms with E-state index in [1.54, 1.807) is 50.6 Å². The first-order chi connectivity index (χ1) is 14.5. The molecule has 0 radical (unpaired) electrons. The minimum Gasteiger partial charge on any atom is -0.496 e. The Labute approximate surface area is 174 Å². The van der Waals surface area contributed by atoms with Gasteiger partial charge < -0.3 is 19.9 Å². The molecule has 3 aromatic carbocycles. The first kappa shape index (κ1) is 20.9. The van der Waals surface area contributed by atoms with Gasteiger partial charge in [0.2, 0.25) is 5.91 Å². The molecule has 0 aromatic heterocycles. The molecule has 3 aromatic rings. The maximum Gasteiger partial charge on any atom is 0.248 e. The lowest BCUT2D eigenvalue weighted by Gasteiger charge is -2.11. The van der Waals surface area contributed by atoms with Crippen molar-refractivity contribution in [1.29, 1.82) is 0 Å². The third-order valence-electron chi connectivity index (χ3n) is 4.46. The molecular formula is C24H22FNO4. The number of hydrogen-bond acceptors (Lipinski definition) is 4. The van der Waals surface area contributed by atoms with E-state index in [0.29, 0.717) is 29.4 Å². The molecule has 2 N–H and O–H groups in total. The molecule has 0 saturated heterocycles. The van der Waals surface area contributed by atoms with E-state index in [0.717, 1.165) is 16.7 Å². The summed E-state index contributed by atoms with van der Waals surface area (Å²) in [4.78, 5) is 11.4. The Bertz CT molecular complexity index is 1060. The van der Waals surface area contributed by atoms with E-state index in [1.165, 1.54) is 12.1 Å². The highest BCUT2D eigenvalue weighted by Crippen LogP contribution is 2.30. The van der Waals surface area contributed by atoms with Crippen molar-refractivity contribution in [3.63, 3.8) is 0 Å². The van der Waals surface area contributed by atoms with Crippen molar-refractivity contribution in [1.82, 2.24) is 0 Å². The van der Waals surface area contributed by atoms with Gasteiger partial charge in [-0.3, -0.25) is 4.79 Å². The number of halogens is 1. The average Bonchev–Trinajstić information content (AvgIpc) is 2.77. The summed E-state index contributed by atoms with van der Waals surface area (Å²) in [7, 11) is 3.12. The minimum absolute atomic E-state index is 0.287. The van der Waals surface area contributed by atoms with Gasteiger partial charge in [-0.05, 0) is 53.6 Å². The van der Waals surface area contributed by atoms with Crippen molar-refractivity contribution < 1.29 is 23.4 Å². The van der Waals surface area contributed by atoms with E-state index < -0.39 is 5.91 Å². The first-order valence-corrected chi connectivity index (χ1v) is 9.21. The fourth-order valence-electron chi connectivity index (χ4n) is 2.85. The molecular weight excluding hydrogens is 385 g/mol. The molecule has 0 atom stereocenters. The number of benzene rings is 3. The van der Waals surface area contributed by atoms with Gasteiger partial charge in [-0.15, -0.1) is 0 Å². The van der Waals surface area contributed by atoms with Crippen LogP contribution in [0.5, 0.6) is 17.2 Å². The summed E-state index contributed by atoms with van der Waals surface area (Å²) in [6, 6.07) is 16.6. The van der Waals surface area contributed by atoms with Crippen molar-refractivity contribution in [3.8, 4) is 17.2 Å². The summed E-state index contributed by atoms with van der Waals surface area (Å²) in [6.07, 6.45) is 3.70. The number of carbonyl (C=O) groups excluding carboxylic acids is 1. The van der Waals surface area contributed by atoms with Crippen LogP contribution in [0.2, 0.25) is 0 Å². The van der Waals surface area contributed by atoms with E-state index >= 15 is 0 Å². The van der Waals surface area contributed by atoms with Crippen LogP contribution < -0.4 is 19.9 Å². The van der Waals surface area contributed by atoms with Gasteiger partial charge in [0.1, 0.15) is 18.2 Å². The Kier molecular flexibility index (Phi) is 6.70. The predicted octanol–water partition coefficient (Wildman–Crippen LogP) is 4.69. The number of nitrogens with two attached hydrogens (primary N) is 1. The van der Waals surface area contributed by atoms with Crippen molar-refractivity contribution in [2.75, 3.05) is 14.2 Å². The van der Waals surface area contributed by atoms with Crippen molar-refractivity contribution in [2.24, 2.45) is 5.73 Å². The molecule has 6 heteroatoms. The lowest BCUT2D eigenvalue weighted by Crippen LogP contribution is -2.10. The quantitative estimate of drug-likeness (QED) is 0.550. The van der Waals surface area contributed by atoms with Gasteiger partial charge >= 0.3 is 0 Å². The third kappa shape index (κ3) is 5.17. The predicted molar refractivity (Wildman–Crippen MR) is 114 cm³/mol. The number of amides is 1. The topological polar surface area (TPSA) is 70.8 Å².